The van der Waals surface area contributed by atoms with Gasteiger partial charge in [-0.25, -0.2) is 0 Å². The predicted molar refractivity (Wildman–Crippen MR) is 63.7 cm³/mol. The molecule has 0 radical (unpaired) electrons. The van der Waals surface area contributed by atoms with E-state index < -0.39 is 0 Å². The molecule has 2 atom stereocenters. The summed E-state index contributed by atoms with van der Waals surface area (Å²) in [6.45, 7) is 1.30. The van der Waals surface area contributed by atoms with Gasteiger partial charge < -0.3 is 9.47 Å². The van der Waals surface area contributed by atoms with Crippen LogP contribution in [-0.4, -0.2) is 18.6 Å². The third-order valence-corrected chi connectivity index (χ3v) is 3.80. The topological polar surface area (TPSA) is 18.5 Å². The number of halogens is 1. The molecule has 0 saturated heterocycles. The Labute approximate surface area is 101 Å². The largest absolute Gasteiger partial charge is 0.486 e. The maximum absolute atomic E-state index is 6.14. The molecule has 2 aliphatic rings. The van der Waals surface area contributed by atoms with Crippen molar-refractivity contribution >= 4 is 11.6 Å². The quantitative estimate of drug-likeness (QED) is 0.699. The molecule has 86 valence electrons. The Kier molecular flexibility index (Phi) is 2.68. The minimum atomic E-state index is 0.346. The van der Waals surface area contributed by atoms with Crippen LogP contribution in [0, 0.1) is 0 Å². The van der Waals surface area contributed by atoms with Gasteiger partial charge in [0.2, 0.25) is 0 Å². The number of fused-ring (bicyclic) bond motifs is 1. The van der Waals surface area contributed by atoms with E-state index in [4.69, 9.17) is 21.1 Å². The fourth-order valence-corrected chi connectivity index (χ4v) is 2.88. The zero-order chi connectivity index (χ0) is 11.0. The van der Waals surface area contributed by atoms with Crippen molar-refractivity contribution in [3.63, 3.8) is 0 Å². The summed E-state index contributed by atoms with van der Waals surface area (Å²) in [5.74, 6) is 2.36. The first-order chi connectivity index (χ1) is 7.83. The monoisotopic (exact) mass is 238 g/mol. The Morgan fingerprint density at radius 3 is 2.62 bits per heavy atom. The van der Waals surface area contributed by atoms with Gasteiger partial charge in [0.1, 0.15) is 13.2 Å². The van der Waals surface area contributed by atoms with Gasteiger partial charge in [-0.1, -0.05) is 6.07 Å². The van der Waals surface area contributed by atoms with Gasteiger partial charge in [-0.3, -0.25) is 0 Å². The summed E-state index contributed by atoms with van der Waals surface area (Å²) in [7, 11) is 0. The zero-order valence-electron chi connectivity index (χ0n) is 9.12. The molecule has 1 heterocycles. The highest BCUT2D eigenvalue weighted by Gasteiger charge is 2.25. The molecule has 0 amide bonds. The number of ether oxygens (including phenoxy) is 2. The Balaban J connectivity index is 1.85. The average Bonchev–Trinajstić information content (AvgIpc) is 2.75. The Bertz CT molecular complexity index is 392. The van der Waals surface area contributed by atoms with Gasteiger partial charge in [-0.2, -0.15) is 0 Å². The molecule has 1 aliphatic heterocycles. The van der Waals surface area contributed by atoms with E-state index in [0.29, 0.717) is 24.5 Å². The lowest BCUT2D eigenvalue weighted by Crippen LogP contribution is -2.15. The lowest BCUT2D eigenvalue weighted by molar-refractivity contribution is 0.171. The van der Waals surface area contributed by atoms with Crippen LogP contribution in [0.1, 0.15) is 30.7 Å². The first kappa shape index (κ1) is 10.3. The van der Waals surface area contributed by atoms with Crippen molar-refractivity contribution in [3.05, 3.63) is 23.8 Å². The fraction of sp³-hybridized carbons (Fsp3) is 0.538. The molecule has 1 saturated carbocycles. The van der Waals surface area contributed by atoms with Crippen LogP contribution in [0.15, 0.2) is 18.2 Å². The van der Waals surface area contributed by atoms with Gasteiger partial charge >= 0.3 is 0 Å². The summed E-state index contributed by atoms with van der Waals surface area (Å²) in [5.41, 5.74) is 1.34. The van der Waals surface area contributed by atoms with Gasteiger partial charge in [0.15, 0.2) is 11.5 Å². The molecule has 2 nitrogen and oxygen atoms in total. The lowest BCUT2D eigenvalue weighted by atomic mass is 9.97. The van der Waals surface area contributed by atoms with E-state index in [9.17, 15) is 0 Å². The van der Waals surface area contributed by atoms with Gasteiger partial charge in [0, 0.05) is 5.38 Å². The van der Waals surface area contributed by atoms with Crippen LogP contribution < -0.4 is 9.47 Å². The SMILES string of the molecule is ClC1CCC(c2ccc3c(c2)OCCO3)C1. The van der Waals surface area contributed by atoms with E-state index in [2.05, 4.69) is 12.1 Å². The molecule has 1 aromatic carbocycles. The second-order valence-corrected chi connectivity index (χ2v) is 5.13. The maximum atomic E-state index is 6.14. The molecule has 2 unspecified atom stereocenters. The third-order valence-electron chi connectivity index (χ3n) is 3.41. The van der Waals surface area contributed by atoms with Crippen LogP contribution in [0.3, 0.4) is 0 Å². The van der Waals surface area contributed by atoms with E-state index >= 15 is 0 Å². The smallest absolute Gasteiger partial charge is 0.161 e. The van der Waals surface area contributed by atoms with Crippen LogP contribution in [0.25, 0.3) is 0 Å². The molecule has 3 heteroatoms. The molecule has 1 aromatic rings. The van der Waals surface area contributed by atoms with E-state index in [1.807, 2.05) is 6.07 Å². The standard InChI is InChI=1S/C13H15ClO2/c14-11-3-1-9(7-11)10-2-4-12-13(8-10)16-6-5-15-12/h2,4,8-9,11H,1,3,5-7H2. The van der Waals surface area contributed by atoms with Gasteiger partial charge in [0.05, 0.1) is 0 Å². The molecule has 0 aromatic heterocycles. The van der Waals surface area contributed by atoms with Gasteiger partial charge in [0.25, 0.3) is 0 Å². The molecule has 3 rings (SSSR count). The number of hydrogen-bond donors (Lipinski definition) is 0. The highest BCUT2D eigenvalue weighted by atomic mass is 35.5. The summed E-state index contributed by atoms with van der Waals surface area (Å²) in [5, 5.41) is 0.346. The van der Waals surface area contributed by atoms with Crippen molar-refractivity contribution in [1.82, 2.24) is 0 Å². The fourth-order valence-electron chi connectivity index (χ4n) is 2.54. The first-order valence-corrected chi connectivity index (χ1v) is 6.30. The van der Waals surface area contributed by atoms with E-state index in [0.717, 1.165) is 24.3 Å². The number of benzene rings is 1. The van der Waals surface area contributed by atoms with Crippen molar-refractivity contribution < 1.29 is 9.47 Å². The van der Waals surface area contributed by atoms with Crippen LogP contribution in [0.5, 0.6) is 11.5 Å². The normalized spacial score (nSPS) is 28.1. The summed E-state index contributed by atoms with van der Waals surface area (Å²) >= 11 is 6.14. The summed E-state index contributed by atoms with van der Waals surface area (Å²) in [4.78, 5) is 0. The molecule has 16 heavy (non-hydrogen) atoms. The van der Waals surface area contributed by atoms with Crippen molar-refractivity contribution in [2.75, 3.05) is 13.2 Å². The molecular weight excluding hydrogens is 224 g/mol. The Hall–Kier alpha value is -0.890. The zero-order valence-corrected chi connectivity index (χ0v) is 9.87. The Morgan fingerprint density at radius 2 is 1.88 bits per heavy atom. The summed E-state index contributed by atoms with van der Waals surface area (Å²) in [6.07, 6.45) is 3.40. The molecule has 0 spiro atoms. The van der Waals surface area contributed by atoms with E-state index in [1.165, 1.54) is 12.0 Å². The summed E-state index contributed by atoms with van der Waals surface area (Å²) < 4.78 is 11.1. The third kappa shape index (κ3) is 1.86. The van der Waals surface area contributed by atoms with Crippen LogP contribution in [-0.2, 0) is 0 Å². The van der Waals surface area contributed by atoms with Crippen molar-refractivity contribution in [3.8, 4) is 11.5 Å². The molecule has 1 fully saturated rings. The van der Waals surface area contributed by atoms with E-state index in [-0.39, 0.29) is 0 Å². The maximum Gasteiger partial charge on any atom is 0.161 e. The van der Waals surface area contributed by atoms with Crippen molar-refractivity contribution in [1.29, 1.82) is 0 Å². The highest BCUT2D eigenvalue weighted by molar-refractivity contribution is 6.20. The van der Waals surface area contributed by atoms with Gasteiger partial charge in [-0.05, 0) is 42.9 Å². The van der Waals surface area contributed by atoms with Crippen molar-refractivity contribution in [2.45, 2.75) is 30.6 Å². The number of rotatable bonds is 1. The van der Waals surface area contributed by atoms with Crippen molar-refractivity contribution in [2.24, 2.45) is 0 Å². The Morgan fingerprint density at radius 1 is 1.06 bits per heavy atom. The second kappa shape index (κ2) is 4.17. The second-order valence-electron chi connectivity index (χ2n) is 4.51. The predicted octanol–water partition coefficient (Wildman–Crippen LogP) is 3.33. The molecule has 0 bridgehead atoms. The number of alkyl halides is 1. The summed E-state index contributed by atoms with van der Waals surface area (Å²) in [6, 6.07) is 6.28. The van der Waals surface area contributed by atoms with Gasteiger partial charge in [-0.15, -0.1) is 11.6 Å². The minimum Gasteiger partial charge on any atom is -0.486 e. The number of hydrogen-bond acceptors (Lipinski definition) is 2. The lowest BCUT2D eigenvalue weighted by Gasteiger charge is -2.20. The van der Waals surface area contributed by atoms with Crippen LogP contribution in [0.2, 0.25) is 0 Å². The highest BCUT2D eigenvalue weighted by Crippen LogP contribution is 2.40. The minimum absolute atomic E-state index is 0.346. The first-order valence-electron chi connectivity index (χ1n) is 5.86. The molecular formula is C13H15ClO2. The molecule has 1 aliphatic carbocycles. The average molecular weight is 239 g/mol. The van der Waals surface area contributed by atoms with Crippen LogP contribution >= 0.6 is 11.6 Å². The van der Waals surface area contributed by atoms with Crippen LogP contribution in [0.4, 0.5) is 0 Å². The molecule has 0 N–H and O–H groups in total. The van der Waals surface area contributed by atoms with E-state index in [1.54, 1.807) is 0 Å².